The molecule has 0 saturated heterocycles. The first-order chi connectivity index (χ1) is 11.0. The fraction of sp³-hybridized carbons (Fsp3) is 0.375. The normalized spacial score (nSPS) is 12.3. The highest BCUT2D eigenvalue weighted by Gasteiger charge is 2.16. The minimum Gasteiger partial charge on any atom is -0.480 e. The van der Waals surface area contributed by atoms with Crippen LogP contribution in [-0.2, 0) is 17.8 Å². The first-order valence-electron chi connectivity index (χ1n) is 7.42. The van der Waals surface area contributed by atoms with Crippen molar-refractivity contribution in [3.05, 3.63) is 46.7 Å². The van der Waals surface area contributed by atoms with Crippen LogP contribution in [0.2, 0.25) is 5.02 Å². The number of carbonyl (C=O) groups is 1. The Morgan fingerprint density at radius 1 is 1.48 bits per heavy atom. The van der Waals surface area contributed by atoms with Gasteiger partial charge in [0.25, 0.3) is 0 Å². The average molecular weight is 354 g/mol. The van der Waals surface area contributed by atoms with Crippen LogP contribution in [0.1, 0.15) is 24.6 Å². The number of aliphatic carboxylic acids is 1. The van der Waals surface area contributed by atoms with Crippen LogP contribution in [0, 0.1) is 0 Å². The van der Waals surface area contributed by atoms with Gasteiger partial charge in [-0.2, -0.15) is 0 Å². The number of rotatable bonds is 8. The minimum absolute atomic E-state index is 0.213. The molecule has 5 nitrogen and oxygen atoms in total. The Kier molecular flexibility index (Phi) is 6.50. The van der Waals surface area contributed by atoms with E-state index in [1.54, 1.807) is 11.8 Å². The lowest BCUT2D eigenvalue weighted by Crippen LogP contribution is -2.32. The summed E-state index contributed by atoms with van der Waals surface area (Å²) in [6, 6.07) is 6.72. The highest BCUT2D eigenvalue weighted by atomic mass is 35.5. The van der Waals surface area contributed by atoms with Crippen molar-refractivity contribution in [2.24, 2.45) is 5.73 Å². The van der Waals surface area contributed by atoms with Crippen LogP contribution in [0.5, 0.6) is 0 Å². The molecule has 1 aromatic carbocycles. The SMILES string of the molecule is CCCSc1nc(CC(N)C(=O)O)cn1Cc1ccccc1Cl. The lowest BCUT2D eigenvalue weighted by atomic mass is 10.2. The smallest absolute Gasteiger partial charge is 0.320 e. The maximum absolute atomic E-state index is 10.9. The van der Waals surface area contributed by atoms with Gasteiger partial charge in [0.2, 0.25) is 0 Å². The maximum Gasteiger partial charge on any atom is 0.320 e. The highest BCUT2D eigenvalue weighted by molar-refractivity contribution is 7.99. The molecule has 0 bridgehead atoms. The predicted molar refractivity (Wildman–Crippen MR) is 93.1 cm³/mol. The number of hydrogen-bond donors (Lipinski definition) is 2. The van der Waals surface area contributed by atoms with Crippen LogP contribution in [0.4, 0.5) is 0 Å². The summed E-state index contributed by atoms with van der Waals surface area (Å²) in [6.07, 6.45) is 3.11. The number of nitrogens with zero attached hydrogens (tertiary/aromatic N) is 2. The number of hydrogen-bond acceptors (Lipinski definition) is 4. The number of carboxylic acids is 1. The third kappa shape index (κ3) is 4.99. The minimum atomic E-state index is -1.02. The molecular weight excluding hydrogens is 334 g/mol. The zero-order valence-electron chi connectivity index (χ0n) is 12.9. The Balaban J connectivity index is 2.23. The Bertz CT molecular complexity index is 675. The third-order valence-corrected chi connectivity index (χ3v) is 4.83. The molecular formula is C16H20ClN3O2S. The molecule has 3 N–H and O–H groups in total. The molecule has 0 aliphatic rings. The van der Waals surface area contributed by atoms with Gasteiger partial charge in [-0.3, -0.25) is 4.79 Å². The fourth-order valence-electron chi connectivity index (χ4n) is 2.09. The quantitative estimate of drug-likeness (QED) is 0.713. The van der Waals surface area contributed by atoms with Gasteiger partial charge in [-0.15, -0.1) is 0 Å². The average Bonchev–Trinajstić information content (AvgIpc) is 2.89. The summed E-state index contributed by atoms with van der Waals surface area (Å²) in [6.45, 7) is 2.70. The summed E-state index contributed by atoms with van der Waals surface area (Å²) in [5.41, 5.74) is 7.29. The zero-order valence-corrected chi connectivity index (χ0v) is 14.5. The Labute approximate surface area is 144 Å². The van der Waals surface area contributed by atoms with Crippen molar-refractivity contribution >= 4 is 29.3 Å². The van der Waals surface area contributed by atoms with Gasteiger partial charge in [-0.05, 0) is 18.1 Å². The maximum atomic E-state index is 10.9. The van der Waals surface area contributed by atoms with Crippen molar-refractivity contribution < 1.29 is 9.90 Å². The second-order valence-electron chi connectivity index (χ2n) is 5.23. The first kappa shape index (κ1) is 17.8. The highest BCUT2D eigenvalue weighted by Crippen LogP contribution is 2.23. The number of imidazole rings is 1. The number of thioether (sulfide) groups is 1. The van der Waals surface area contributed by atoms with E-state index in [2.05, 4.69) is 11.9 Å². The molecule has 0 spiro atoms. The first-order valence-corrected chi connectivity index (χ1v) is 8.78. The molecule has 2 aromatic rings. The second kappa shape index (κ2) is 8.38. The number of carboxylic acid groups (broad SMARTS) is 1. The van der Waals surface area contributed by atoms with Gasteiger partial charge in [-0.25, -0.2) is 4.98 Å². The van der Waals surface area contributed by atoms with Crippen LogP contribution in [-0.4, -0.2) is 32.4 Å². The van der Waals surface area contributed by atoms with E-state index in [-0.39, 0.29) is 6.42 Å². The number of halogens is 1. The van der Waals surface area contributed by atoms with Gasteiger partial charge in [0, 0.05) is 23.4 Å². The molecule has 0 aliphatic heterocycles. The zero-order chi connectivity index (χ0) is 16.8. The summed E-state index contributed by atoms with van der Waals surface area (Å²) < 4.78 is 2.01. The summed E-state index contributed by atoms with van der Waals surface area (Å²) in [5.74, 6) is -0.0716. The van der Waals surface area contributed by atoms with E-state index in [1.807, 2.05) is 35.0 Å². The summed E-state index contributed by atoms with van der Waals surface area (Å²) >= 11 is 7.87. The molecule has 0 saturated carbocycles. The molecule has 1 aromatic heterocycles. The number of benzene rings is 1. The van der Waals surface area contributed by atoms with E-state index in [9.17, 15) is 4.79 Å². The standard InChI is InChI=1S/C16H20ClN3O2S/c1-2-7-23-16-19-12(8-14(18)15(21)22)10-20(16)9-11-5-3-4-6-13(11)17/h3-6,10,14H,2,7-9,18H2,1H3,(H,21,22). The second-order valence-corrected chi connectivity index (χ2v) is 6.70. The molecule has 7 heteroatoms. The molecule has 2 rings (SSSR count). The van der Waals surface area contributed by atoms with Crippen molar-refractivity contribution in [1.82, 2.24) is 9.55 Å². The van der Waals surface area contributed by atoms with Gasteiger partial charge in [-0.1, -0.05) is 48.5 Å². The fourth-order valence-corrected chi connectivity index (χ4v) is 3.14. The van der Waals surface area contributed by atoms with E-state index in [0.717, 1.165) is 22.9 Å². The molecule has 1 unspecified atom stereocenters. The molecule has 0 radical (unpaired) electrons. The van der Waals surface area contributed by atoms with E-state index in [4.69, 9.17) is 22.4 Å². The van der Waals surface area contributed by atoms with Crippen LogP contribution in [0.25, 0.3) is 0 Å². The van der Waals surface area contributed by atoms with Gasteiger partial charge < -0.3 is 15.4 Å². The third-order valence-electron chi connectivity index (χ3n) is 3.27. The van der Waals surface area contributed by atoms with Crippen molar-refractivity contribution in [1.29, 1.82) is 0 Å². The van der Waals surface area contributed by atoms with Crippen LogP contribution in [0.3, 0.4) is 0 Å². The van der Waals surface area contributed by atoms with Crippen LogP contribution >= 0.6 is 23.4 Å². The van der Waals surface area contributed by atoms with E-state index in [1.165, 1.54) is 0 Å². The molecule has 1 heterocycles. The molecule has 23 heavy (non-hydrogen) atoms. The summed E-state index contributed by atoms with van der Waals surface area (Å²) in [7, 11) is 0. The van der Waals surface area contributed by atoms with Crippen molar-refractivity contribution in [3.63, 3.8) is 0 Å². The van der Waals surface area contributed by atoms with Crippen LogP contribution in [0.15, 0.2) is 35.6 Å². The Morgan fingerprint density at radius 2 is 2.22 bits per heavy atom. The van der Waals surface area contributed by atoms with Gasteiger partial charge >= 0.3 is 5.97 Å². The Morgan fingerprint density at radius 3 is 2.87 bits per heavy atom. The van der Waals surface area contributed by atoms with Crippen molar-refractivity contribution in [2.75, 3.05) is 5.75 Å². The molecule has 124 valence electrons. The lowest BCUT2D eigenvalue weighted by Gasteiger charge is -2.08. The van der Waals surface area contributed by atoms with Gasteiger partial charge in [0.05, 0.1) is 12.2 Å². The van der Waals surface area contributed by atoms with E-state index >= 15 is 0 Å². The van der Waals surface area contributed by atoms with E-state index in [0.29, 0.717) is 17.3 Å². The largest absolute Gasteiger partial charge is 0.480 e. The van der Waals surface area contributed by atoms with Crippen LogP contribution < -0.4 is 5.73 Å². The molecule has 0 fully saturated rings. The Hall–Kier alpha value is -1.50. The number of nitrogens with two attached hydrogens (primary N) is 1. The van der Waals surface area contributed by atoms with Crippen molar-refractivity contribution in [3.8, 4) is 0 Å². The van der Waals surface area contributed by atoms with Gasteiger partial charge in [0.15, 0.2) is 5.16 Å². The molecule has 0 amide bonds. The van der Waals surface area contributed by atoms with E-state index < -0.39 is 12.0 Å². The summed E-state index contributed by atoms with van der Waals surface area (Å²) in [4.78, 5) is 15.5. The molecule has 0 aliphatic carbocycles. The predicted octanol–water partition coefficient (Wildman–Crippen LogP) is 3.04. The number of aromatic nitrogens is 2. The van der Waals surface area contributed by atoms with Gasteiger partial charge in [0.1, 0.15) is 6.04 Å². The lowest BCUT2D eigenvalue weighted by molar-refractivity contribution is -0.138. The monoisotopic (exact) mass is 353 g/mol. The van der Waals surface area contributed by atoms with Crippen molar-refractivity contribution in [2.45, 2.75) is 37.5 Å². The topological polar surface area (TPSA) is 81.1 Å². The molecule has 1 atom stereocenters. The summed E-state index contributed by atoms with van der Waals surface area (Å²) in [5, 5.41) is 10.5.